The lowest BCUT2D eigenvalue weighted by molar-refractivity contribution is -0.139. The number of furan rings is 1. The molecule has 1 saturated heterocycles. The minimum Gasteiger partial charge on any atom is -0.472 e. The maximum absolute atomic E-state index is 12.9. The van der Waals surface area contributed by atoms with E-state index >= 15 is 0 Å². The number of nitrogens with zero attached hydrogens (tertiary/aromatic N) is 1. The lowest BCUT2D eigenvalue weighted by Gasteiger charge is -2.28. The number of hydrogen-bond donors (Lipinski definition) is 1. The van der Waals surface area contributed by atoms with E-state index in [0.717, 1.165) is 11.1 Å². The number of amides is 2. The number of thioether (sulfide) groups is 1. The highest BCUT2D eigenvalue weighted by atomic mass is 32.2. The van der Waals surface area contributed by atoms with E-state index in [9.17, 15) is 14.0 Å². The molecule has 1 aromatic heterocycles. The number of benzene rings is 1. The number of carbonyl (C=O) groups excluding carboxylic acids is 2. The Morgan fingerprint density at radius 2 is 2.08 bits per heavy atom. The van der Waals surface area contributed by atoms with Crippen LogP contribution in [-0.2, 0) is 16.1 Å². The Labute approximate surface area is 149 Å². The monoisotopic (exact) mass is 362 g/mol. The standard InChI is InChI=1S/C18H19FN2O3S/c1-2-16(22)21-15(11-25-18(21)13-7-8-24-10-13)17(23)20-9-12-3-5-14(19)6-4-12/h3-8,10,15,18H,2,9,11H2,1H3,(H,20,23). The normalized spacial score (nSPS) is 19.8. The fourth-order valence-corrected chi connectivity index (χ4v) is 4.21. The van der Waals surface area contributed by atoms with E-state index in [2.05, 4.69) is 5.32 Å². The van der Waals surface area contributed by atoms with Crippen LogP contribution in [0.1, 0.15) is 29.8 Å². The van der Waals surface area contributed by atoms with Crippen molar-refractivity contribution in [1.29, 1.82) is 0 Å². The highest BCUT2D eigenvalue weighted by Gasteiger charge is 2.41. The van der Waals surface area contributed by atoms with Crippen molar-refractivity contribution in [2.75, 3.05) is 5.75 Å². The van der Waals surface area contributed by atoms with Crippen molar-refractivity contribution in [3.05, 3.63) is 59.8 Å². The molecule has 3 rings (SSSR count). The molecule has 2 heterocycles. The van der Waals surface area contributed by atoms with Gasteiger partial charge in [0.25, 0.3) is 0 Å². The van der Waals surface area contributed by atoms with Gasteiger partial charge in [0.15, 0.2) is 0 Å². The summed E-state index contributed by atoms with van der Waals surface area (Å²) in [6.45, 7) is 2.08. The molecule has 1 aliphatic rings. The molecule has 1 aromatic carbocycles. The van der Waals surface area contributed by atoms with Gasteiger partial charge in [0.1, 0.15) is 17.2 Å². The summed E-state index contributed by atoms with van der Waals surface area (Å²) in [5.41, 5.74) is 1.68. The highest BCUT2D eigenvalue weighted by molar-refractivity contribution is 7.99. The third-order valence-corrected chi connectivity index (χ3v) is 5.43. The first-order chi connectivity index (χ1) is 12.1. The average Bonchev–Trinajstić information content (AvgIpc) is 3.29. The van der Waals surface area contributed by atoms with Crippen molar-refractivity contribution in [3.63, 3.8) is 0 Å². The molecule has 2 atom stereocenters. The Morgan fingerprint density at radius 3 is 2.72 bits per heavy atom. The molecule has 2 aromatic rings. The van der Waals surface area contributed by atoms with E-state index in [1.165, 1.54) is 12.1 Å². The average molecular weight is 362 g/mol. The molecule has 1 aliphatic heterocycles. The van der Waals surface area contributed by atoms with Gasteiger partial charge in [-0.1, -0.05) is 19.1 Å². The Hall–Kier alpha value is -2.28. The number of rotatable bonds is 5. The molecule has 1 N–H and O–H groups in total. The molecule has 5 nitrogen and oxygen atoms in total. The van der Waals surface area contributed by atoms with Crippen molar-refractivity contribution >= 4 is 23.6 Å². The zero-order chi connectivity index (χ0) is 17.8. The van der Waals surface area contributed by atoms with Crippen LogP contribution < -0.4 is 5.32 Å². The summed E-state index contributed by atoms with van der Waals surface area (Å²) in [5.74, 6) is -0.0655. The smallest absolute Gasteiger partial charge is 0.243 e. The predicted molar refractivity (Wildman–Crippen MR) is 93.1 cm³/mol. The van der Waals surface area contributed by atoms with E-state index < -0.39 is 6.04 Å². The SMILES string of the molecule is CCC(=O)N1C(C(=O)NCc2ccc(F)cc2)CSC1c1ccoc1. The Morgan fingerprint density at radius 1 is 1.32 bits per heavy atom. The zero-order valence-electron chi connectivity index (χ0n) is 13.8. The quantitative estimate of drug-likeness (QED) is 0.888. The molecule has 25 heavy (non-hydrogen) atoms. The molecule has 0 bridgehead atoms. The summed E-state index contributed by atoms with van der Waals surface area (Å²) < 4.78 is 18.1. The van der Waals surface area contributed by atoms with Gasteiger partial charge in [-0.05, 0) is 23.8 Å². The van der Waals surface area contributed by atoms with Gasteiger partial charge < -0.3 is 14.6 Å². The van der Waals surface area contributed by atoms with E-state index in [4.69, 9.17) is 4.42 Å². The summed E-state index contributed by atoms with van der Waals surface area (Å²) in [5, 5.41) is 2.63. The van der Waals surface area contributed by atoms with Crippen LogP contribution in [-0.4, -0.2) is 28.5 Å². The molecule has 0 saturated carbocycles. The fourth-order valence-electron chi connectivity index (χ4n) is 2.78. The third kappa shape index (κ3) is 3.87. The van der Waals surface area contributed by atoms with Gasteiger partial charge in [0.2, 0.25) is 11.8 Å². The zero-order valence-corrected chi connectivity index (χ0v) is 14.6. The van der Waals surface area contributed by atoms with Crippen LogP contribution in [0.4, 0.5) is 4.39 Å². The summed E-state index contributed by atoms with van der Waals surface area (Å²) in [6.07, 6.45) is 3.50. The molecule has 132 valence electrons. The van der Waals surface area contributed by atoms with Gasteiger partial charge in [-0.2, -0.15) is 0 Å². The third-order valence-electron chi connectivity index (χ3n) is 4.10. The molecule has 1 fully saturated rings. The maximum atomic E-state index is 12.9. The van der Waals surface area contributed by atoms with Crippen LogP contribution in [0.15, 0.2) is 47.3 Å². The number of carbonyl (C=O) groups is 2. The summed E-state index contributed by atoms with van der Waals surface area (Å²) >= 11 is 1.55. The second-order valence-electron chi connectivity index (χ2n) is 5.76. The van der Waals surface area contributed by atoms with E-state index in [0.29, 0.717) is 18.7 Å². The second kappa shape index (κ2) is 7.74. The summed E-state index contributed by atoms with van der Waals surface area (Å²) in [6, 6.07) is 7.25. The largest absolute Gasteiger partial charge is 0.472 e. The van der Waals surface area contributed by atoms with E-state index in [1.54, 1.807) is 48.2 Å². The first kappa shape index (κ1) is 17.5. The molecule has 2 unspecified atom stereocenters. The van der Waals surface area contributed by atoms with E-state index in [-0.39, 0.29) is 23.0 Å². The molecule has 0 radical (unpaired) electrons. The van der Waals surface area contributed by atoms with Crippen LogP contribution in [0.5, 0.6) is 0 Å². The maximum Gasteiger partial charge on any atom is 0.243 e. The minimum atomic E-state index is -0.530. The van der Waals surface area contributed by atoms with Gasteiger partial charge >= 0.3 is 0 Å². The van der Waals surface area contributed by atoms with Gasteiger partial charge in [-0.25, -0.2) is 4.39 Å². The van der Waals surface area contributed by atoms with E-state index in [1.807, 2.05) is 6.07 Å². The molecular weight excluding hydrogens is 343 g/mol. The van der Waals surface area contributed by atoms with Gasteiger partial charge in [-0.15, -0.1) is 11.8 Å². The predicted octanol–water partition coefficient (Wildman–Crippen LogP) is 3.09. The van der Waals surface area contributed by atoms with Crippen LogP contribution in [0.3, 0.4) is 0 Å². The summed E-state index contributed by atoms with van der Waals surface area (Å²) in [4.78, 5) is 26.7. The lowest BCUT2D eigenvalue weighted by Crippen LogP contribution is -2.47. The molecule has 0 aliphatic carbocycles. The lowest BCUT2D eigenvalue weighted by atomic mass is 10.2. The van der Waals surface area contributed by atoms with Gasteiger partial charge in [0.05, 0.1) is 12.5 Å². The summed E-state index contributed by atoms with van der Waals surface area (Å²) in [7, 11) is 0. The van der Waals surface area contributed by atoms with Crippen LogP contribution in [0, 0.1) is 5.82 Å². The number of hydrogen-bond acceptors (Lipinski definition) is 4. The minimum absolute atomic E-state index is 0.0712. The molecule has 2 amide bonds. The first-order valence-corrected chi connectivity index (χ1v) is 9.12. The molecule has 7 heteroatoms. The van der Waals surface area contributed by atoms with Gasteiger partial charge in [-0.3, -0.25) is 9.59 Å². The van der Waals surface area contributed by atoms with Crippen molar-refractivity contribution in [2.24, 2.45) is 0 Å². The Kier molecular flexibility index (Phi) is 5.43. The topological polar surface area (TPSA) is 62.6 Å². The molecular formula is C18H19FN2O3S. The van der Waals surface area contributed by atoms with Crippen LogP contribution >= 0.6 is 11.8 Å². The van der Waals surface area contributed by atoms with Crippen LogP contribution in [0.25, 0.3) is 0 Å². The van der Waals surface area contributed by atoms with Crippen molar-refractivity contribution in [3.8, 4) is 0 Å². The number of halogens is 1. The van der Waals surface area contributed by atoms with Crippen LogP contribution in [0.2, 0.25) is 0 Å². The number of nitrogens with one attached hydrogen (secondary N) is 1. The van der Waals surface area contributed by atoms with Crippen molar-refractivity contribution in [1.82, 2.24) is 10.2 Å². The Balaban J connectivity index is 1.70. The van der Waals surface area contributed by atoms with Gasteiger partial charge in [0, 0.05) is 24.3 Å². The Bertz CT molecular complexity index is 733. The second-order valence-corrected chi connectivity index (χ2v) is 6.87. The highest BCUT2D eigenvalue weighted by Crippen LogP contribution is 2.41. The first-order valence-electron chi connectivity index (χ1n) is 8.07. The van der Waals surface area contributed by atoms with Crippen molar-refractivity contribution in [2.45, 2.75) is 31.3 Å². The fraction of sp³-hybridized carbons (Fsp3) is 0.333. The molecule has 0 spiro atoms. The van der Waals surface area contributed by atoms with Crippen molar-refractivity contribution < 1.29 is 18.4 Å².